The highest BCUT2D eigenvalue weighted by Gasteiger charge is 2.26. The molecule has 4 rings (SSSR count). The van der Waals surface area contributed by atoms with Gasteiger partial charge in [0, 0.05) is 38.2 Å². The van der Waals surface area contributed by atoms with Crippen LogP contribution < -0.4 is 0 Å². The molecule has 0 atom stereocenters. The summed E-state index contributed by atoms with van der Waals surface area (Å²) in [5.41, 5.74) is 0.511. The number of fused-ring (bicyclic) bond motifs is 1. The number of pyridine rings is 1. The normalized spacial score (nSPS) is 15.1. The summed E-state index contributed by atoms with van der Waals surface area (Å²) >= 11 is 0. The molecule has 0 N–H and O–H groups in total. The van der Waals surface area contributed by atoms with Crippen LogP contribution in [0.15, 0.2) is 41.1 Å². The summed E-state index contributed by atoms with van der Waals surface area (Å²) in [6.45, 7) is 2.11. The van der Waals surface area contributed by atoms with Crippen molar-refractivity contribution in [2.75, 3.05) is 26.8 Å². The summed E-state index contributed by atoms with van der Waals surface area (Å²) in [6, 6.07) is 9.75. The number of benzene rings is 1. The van der Waals surface area contributed by atoms with Crippen LogP contribution in [-0.4, -0.2) is 58.8 Å². The lowest BCUT2D eigenvalue weighted by molar-refractivity contribution is -0.00984. The lowest BCUT2D eigenvalue weighted by Crippen LogP contribution is -2.41. The van der Waals surface area contributed by atoms with E-state index >= 15 is 0 Å². The van der Waals surface area contributed by atoms with E-state index in [2.05, 4.69) is 15.1 Å². The predicted octanol–water partition coefficient (Wildman–Crippen LogP) is 2.63. The van der Waals surface area contributed by atoms with Crippen LogP contribution in [-0.2, 0) is 22.5 Å². The molecule has 3 heterocycles. The van der Waals surface area contributed by atoms with Gasteiger partial charge < -0.3 is 18.9 Å². The standard InChI is InChI=1S/C21H24N4O4/c1-27-13-9-18-23-19(29-24-18)14-28-16-7-11-25(12-8-16)21(26)20-17-5-3-2-4-15(17)6-10-22-20/h2-6,10,16H,7-9,11-14H2,1H3. The highest BCUT2D eigenvalue weighted by Crippen LogP contribution is 2.21. The Hall–Kier alpha value is -2.84. The van der Waals surface area contributed by atoms with Crippen molar-refractivity contribution in [3.8, 4) is 0 Å². The summed E-state index contributed by atoms with van der Waals surface area (Å²) in [6.07, 6.45) is 3.90. The predicted molar refractivity (Wildman–Crippen MR) is 105 cm³/mol. The number of hydrogen-bond donors (Lipinski definition) is 0. The van der Waals surface area contributed by atoms with E-state index < -0.39 is 0 Å². The van der Waals surface area contributed by atoms with Gasteiger partial charge in [0.25, 0.3) is 11.8 Å². The van der Waals surface area contributed by atoms with E-state index in [0.29, 0.717) is 43.5 Å². The summed E-state index contributed by atoms with van der Waals surface area (Å²) in [5.74, 6) is 1.06. The second-order valence-electron chi connectivity index (χ2n) is 7.03. The van der Waals surface area contributed by atoms with E-state index in [1.54, 1.807) is 13.3 Å². The molecule has 0 radical (unpaired) electrons. The maximum atomic E-state index is 13.0. The molecule has 1 aliphatic heterocycles. The average molecular weight is 396 g/mol. The molecule has 0 aliphatic carbocycles. The molecule has 0 unspecified atom stereocenters. The van der Waals surface area contributed by atoms with E-state index in [-0.39, 0.29) is 18.6 Å². The summed E-state index contributed by atoms with van der Waals surface area (Å²) in [5, 5.41) is 5.81. The van der Waals surface area contributed by atoms with E-state index in [1.807, 2.05) is 35.2 Å². The van der Waals surface area contributed by atoms with Gasteiger partial charge in [0.15, 0.2) is 5.82 Å². The first kappa shape index (κ1) is 19.5. The molecule has 0 spiro atoms. The zero-order chi connectivity index (χ0) is 20.1. The summed E-state index contributed by atoms with van der Waals surface area (Å²) in [4.78, 5) is 23.4. The van der Waals surface area contributed by atoms with E-state index in [1.165, 1.54) is 0 Å². The molecular formula is C21H24N4O4. The van der Waals surface area contributed by atoms with Crippen LogP contribution in [0.25, 0.3) is 10.8 Å². The molecule has 8 heteroatoms. The van der Waals surface area contributed by atoms with Crippen LogP contribution >= 0.6 is 0 Å². The molecule has 3 aromatic rings. The summed E-state index contributed by atoms with van der Waals surface area (Å²) in [7, 11) is 1.64. The van der Waals surface area contributed by atoms with Gasteiger partial charge in [-0.15, -0.1) is 0 Å². The van der Waals surface area contributed by atoms with E-state index in [4.69, 9.17) is 14.0 Å². The van der Waals surface area contributed by atoms with Crippen molar-refractivity contribution >= 4 is 16.7 Å². The zero-order valence-corrected chi connectivity index (χ0v) is 16.4. The highest BCUT2D eigenvalue weighted by atomic mass is 16.5. The van der Waals surface area contributed by atoms with Crippen molar-refractivity contribution < 1.29 is 18.8 Å². The minimum absolute atomic E-state index is 0.0278. The molecule has 2 aromatic heterocycles. The number of piperidine rings is 1. The second-order valence-corrected chi connectivity index (χ2v) is 7.03. The first-order valence-electron chi connectivity index (χ1n) is 9.79. The van der Waals surface area contributed by atoms with Crippen LogP contribution in [0.1, 0.15) is 35.0 Å². The van der Waals surface area contributed by atoms with Gasteiger partial charge in [-0.1, -0.05) is 29.4 Å². The van der Waals surface area contributed by atoms with E-state index in [9.17, 15) is 4.79 Å². The molecule has 1 aromatic carbocycles. The molecule has 1 fully saturated rings. The second kappa shape index (κ2) is 9.11. The van der Waals surface area contributed by atoms with Gasteiger partial charge >= 0.3 is 0 Å². The van der Waals surface area contributed by atoms with Gasteiger partial charge in [-0.05, 0) is 24.3 Å². The fourth-order valence-electron chi connectivity index (χ4n) is 3.50. The third-order valence-electron chi connectivity index (χ3n) is 5.09. The topological polar surface area (TPSA) is 90.6 Å². The number of carbonyl (C=O) groups excluding carboxylic acids is 1. The minimum atomic E-state index is -0.0278. The first-order chi connectivity index (χ1) is 14.2. The third kappa shape index (κ3) is 4.60. The first-order valence-corrected chi connectivity index (χ1v) is 9.79. The number of likely N-dealkylation sites (tertiary alicyclic amines) is 1. The number of hydrogen-bond acceptors (Lipinski definition) is 7. The Bertz CT molecular complexity index is 961. The van der Waals surface area contributed by atoms with Crippen molar-refractivity contribution in [3.63, 3.8) is 0 Å². The number of amides is 1. The van der Waals surface area contributed by atoms with Crippen LogP contribution in [0.5, 0.6) is 0 Å². The number of methoxy groups -OCH3 is 1. The van der Waals surface area contributed by atoms with Crippen LogP contribution in [0.4, 0.5) is 0 Å². The molecule has 0 saturated carbocycles. The number of aromatic nitrogens is 3. The Balaban J connectivity index is 1.30. The van der Waals surface area contributed by atoms with Crippen molar-refractivity contribution in [1.82, 2.24) is 20.0 Å². The Morgan fingerprint density at radius 2 is 2.07 bits per heavy atom. The molecule has 1 saturated heterocycles. The van der Waals surface area contributed by atoms with Gasteiger partial charge in [0.1, 0.15) is 12.3 Å². The average Bonchev–Trinajstić information content (AvgIpc) is 3.23. The van der Waals surface area contributed by atoms with Crippen LogP contribution in [0.3, 0.4) is 0 Å². The number of ether oxygens (including phenoxy) is 2. The maximum absolute atomic E-state index is 13.0. The fraction of sp³-hybridized carbons (Fsp3) is 0.429. The van der Waals surface area contributed by atoms with Crippen molar-refractivity contribution in [3.05, 3.63) is 53.9 Å². The molecule has 29 heavy (non-hydrogen) atoms. The summed E-state index contributed by atoms with van der Waals surface area (Å²) < 4.78 is 16.1. The van der Waals surface area contributed by atoms with E-state index in [0.717, 1.165) is 23.6 Å². The Morgan fingerprint density at radius 3 is 2.90 bits per heavy atom. The lowest BCUT2D eigenvalue weighted by Gasteiger charge is -2.31. The number of carbonyl (C=O) groups is 1. The fourth-order valence-corrected chi connectivity index (χ4v) is 3.50. The van der Waals surface area contributed by atoms with Crippen LogP contribution in [0, 0.1) is 0 Å². The highest BCUT2D eigenvalue weighted by molar-refractivity contribution is 6.05. The smallest absolute Gasteiger partial charge is 0.273 e. The molecule has 1 aliphatic rings. The Labute approximate surface area is 168 Å². The molecule has 1 amide bonds. The largest absolute Gasteiger partial charge is 0.384 e. The zero-order valence-electron chi connectivity index (χ0n) is 16.4. The SMILES string of the molecule is COCCc1noc(COC2CCN(C(=O)c3nccc4ccccc34)CC2)n1. The van der Waals surface area contributed by atoms with Crippen molar-refractivity contribution in [1.29, 1.82) is 0 Å². The molecule has 152 valence electrons. The van der Waals surface area contributed by atoms with Crippen molar-refractivity contribution in [2.24, 2.45) is 0 Å². The number of nitrogens with zero attached hydrogens (tertiary/aromatic N) is 4. The van der Waals surface area contributed by atoms with Gasteiger partial charge in [-0.25, -0.2) is 0 Å². The van der Waals surface area contributed by atoms with Gasteiger partial charge in [-0.3, -0.25) is 9.78 Å². The van der Waals surface area contributed by atoms with Gasteiger partial charge in [-0.2, -0.15) is 4.98 Å². The van der Waals surface area contributed by atoms with Gasteiger partial charge in [0.2, 0.25) is 0 Å². The van der Waals surface area contributed by atoms with Crippen LogP contribution in [0.2, 0.25) is 0 Å². The Kier molecular flexibility index (Phi) is 6.12. The quantitative estimate of drug-likeness (QED) is 0.606. The number of rotatable bonds is 7. The molecule has 8 nitrogen and oxygen atoms in total. The lowest BCUT2D eigenvalue weighted by atomic mass is 10.1. The minimum Gasteiger partial charge on any atom is -0.384 e. The third-order valence-corrected chi connectivity index (χ3v) is 5.09. The monoisotopic (exact) mass is 396 g/mol. The van der Waals surface area contributed by atoms with Crippen molar-refractivity contribution in [2.45, 2.75) is 32.0 Å². The molecule has 0 bridgehead atoms. The molecular weight excluding hydrogens is 372 g/mol. The maximum Gasteiger partial charge on any atom is 0.273 e. The Morgan fingerprint density at radius 1 is 1.24 bits per heavy atom. The van der Waals surface area contributed by atoms with Gasteiger partial charge in [0.05, 0.1) is 12.7 Å².